The summed E-state index contributed by atoms with van der Waals surface area (Å²) in [5, 5.41) is 6.08. The van der Waals surface area contributed by atoms with E-state index in [1.165, 1.54) is 5.56 Å². The molecule has 0 heterocycles. The van der Waals surface area contributed by atoms with Crippen LogP contribution in [0.5, 0.6) is 0 Å². The molecule has 0 atom stereocenters. The van der Waals surface area contributed by atoms with Crippen molar-refractivity contribution in [3.05, 3.63) is 65.7 Å². The van der Waals surface area contributed by atoms with Gasteiger partial charge in [-0.3, -0.25) is 9.59 Å². The van der Waals surface area contributed by atoms with Gasteiger partial charge in [-0.25, -0.2) is 0 Å². The number of benzene rings is 2. The molecule has 27 heavy (non-hydrogen) atoms. The van der Waals surface area contributed by atoms with Gasteiger partial charge < -0.3 is 10.6 Å². The zero-order chi connectivity index (χ0) is 18.6. The molecular formula is C23H26N2O2. The maximum Gasteiger partial charge on any atom is 0.251 e. The molecule has 0 radical (unpaired) electrons. The van der Waals surface area contributed by atoms with E-state index in [1.807, 2.05) is 12.1 Å². The van der Waals surface area contributed by atoms with Crippen LogP contribution in [0.2, 0.25) is 0 Å². The van der Waals surface area contributed by atoms with Crippen molar-refractivity contribution in [3.8, 4) is 0 Å². The van der Waals surface area contributed by atoms with Gasteiger partial charge in [-0.05, 0) is 68.2 Å². The highest BCUT2D eigenvalue weighted by Gasteiger charge is 2.29. The molecule has 0 saturated heterocycles. The number of carbonyl (C=O) groups excluding carboxylic acids is 2. The van der Waals surface area contributed by atoms with Crippen molar-refractivity contribution in [3.63, 3.8) is 0 Å². The molecule has 2 aliphatic rings. The van der Waals surface area contributed by atoms with Crippen molar-refractivity contribution < 1.29 is 9.59 Å². The molecule has 0 aromatic heterocycles. The lowest BCUT2D eigenvalue weighted by Gasteiger charge is -2.29. The first kappa shape index (κ1) is 17.8. The SMILES string of the molecule is O=C(NC1CCC(c2ccccc2)CC1)c1cccc(NC(=O)C2CC2)c1. The summed E-state index contributed by atoms with van der Waals surface area (Å²) in [4.78, 5) is 24.5. The fourth-order valence-corrected chi connectivity index (χ4v) is 3.89. The zero-order valence-corrected chi connectivity index (χ0v) is 15.5. The second-order valence-corrected chi connectivity index (χ2v) is 7.78. The Bertz CT molecular complexity index is 806. The normalized spacial score (nSPS) is 22.1. The smallest absolute Gasteiger partial charge is 0.251 e. The van der Waals surface area contributed by atoms with Crippen LogP contribution in [0.25, 0.3) is 0 Å². The third-order valence-corrected chi connectivity index (χ3v) is 5.67. The average molecular weight is 362 g/mol. The molecule has 0 aliphatic heterocycles. The molecule has 0 bridgehead atoms. The average Bonchev–Trinajstić information content (AvgIpc) is 3.55. The second kappa shape index (κ2) is 7.95. The van der Waals surface area contributed by atoms with E-state index in [0.717, 1.165) is 38.5 Å². The van der Waals surface area contributed by atoms with E-state index in [1.54, 1.807) is 12.1 Å². The first-order chi connectivity index (χ1) is 13.2. The number of anilines is 1. The van der Waals surface area contributed by atoms with Gasteiger partial charge in [0.05, 0.1) is 0 Å². The minimum Gasteiger partial charge on any atom is -0.349 e. The van der Waals surface area contributed by atoms with Gasteiger partial charge in [0.2, 0.25) is 5.91 Å². The van der Waals surface area contributed by atoms with Gasteiger partial charge >= 0.3 is 0 Å². The quantitative estimate of drug-likeness (QED) is 0.823. The summed E-state index contributed by atoms with van der Waals surface area (Å²) in [7, 11) is 0. The third kappa shape index (κ3) is 4.57. The Hall–Kier alpha value is -2.62. The van der Waals surface area contributed by atoms with E-state index in [2.05, 4.69) is 41.0 Å². The highest BCUT2D eigenvalue weighted by Crippen LogP contribution is 2.33. The van der Waals surface area contributed by atoms with E-state index in [9.17, 15) is 9.59 Å². The van der Waals surface area contributed by atoms with Gasteiger partial charge in [-0.15, -0.1) is 0 Å². The van der Waals surface area contributed by atoms with Crippen molar-refractivity contribution in [2.24, 2.45) is 5.92 Å². The molecule has 2 amide bonds. The Morgan fingerprint density at radius 1 is 0.815 bits per heavy atom. The van der Waals surface area contributed by atoms with E-state index < -0.39 is 0 Å². The number of carbonyl (C=O) groups is 2. The number of hydrogen-bond acceptors (Lipinski definition) is 2. The number of amides is 2. The van der Waals surface area contributed by atoms with Gasteiger partial charge in [-0.1, -0.05) is 36.4 Å². The molecule has 4 nitrogen and oxygen atoms in total. The van der Waals surface area contributed by atoms with E-state index >= 15 is 0 Å². The lowest BCUT2D eigenvalue weighted by atomic mass is 9.82. The van der Waals surface area contributed by atoms with Crippen LogP contribution in [0.1, 0.15) is 60.4 Å². The summed E-state index contributed by atoms with van der Waals surface area (Å²) in [6, 6.07) is 18.1. The lowest BCUT2D eigenvalue weighted by Crippen LogP contribution is -2.37. The minimum atomic E-state index is -0.0549. The Balaban J connectivity index is 1.31. The molecule has 2 aromatic rings. The third-order valence-electron chi connectivity index (χ3n) is 5.67. The summed E-state index contributed by atoms with van der Waals surface area (Å²) in [6.45, 7) is 0. The molecule has 2 aliphatic carbocycles. The molecule has 2 N–H and O–H groups in total. The molecular weight excluding hydrogens is 336 g/mol. The minimum absolute atomic E-state index is 0.0549. The zero-order valence-electron chi connectivity index (χ0n) is 15.5. The van der Waals surface area contributed by atoms with Gasteiger partial charge in [0.25, 0.3) is 5.91 Å². The van der Waals surface area contributed by atoms with Crippen LogP contribution in [0.4, 0.5) is 5.69 Å². The summed E-state index contributed by atoms with van der Waals surface area (Å²) < 4.78 is 0. The Labute approximate surface area is 160 Å². The van der Waals surface area contributed by atoms with Gasteiger partial charge in [0, 0.05) is 23.2 Å². The molecule has 0 spiro atoms. The van der Waals surface area contributed by atoms with Crippen LogP contribution in [0, 0.1) is 5.92 Å². The number of rotatable bonds is 5. The molecule has 2 aromatic carbocycles. The monoisotopic (exact) mass is 362 g/mol. The number of nitrogens with one attached hydrogen (secondary N) is 2. The molecule has 0 unspecified atom stereocenters. The van der Waals surface area contributed by atoms with Gasteiger partial charge in [0.1, 0.15) is 0 Å². The Morgan fingerprint density at radius 2 is 1.56 bits per heavy atom. The van der Waals surface area contributed by atoms with Crippen molar-refractivity contribution in [2.75, 3.05) is 5.32 Å². The van der Waals surface area contributed by atoms with Crippen LogP contribution in [0.3, 0.4) is 0 Å². The van der Waals surface area contributed by atoms with Crippen LogP contribution in [-0.2, 0) is 4.79 Å². The van der Waals surface area contributed by atoms with Crippen molar-refractivity contribution >= 4 is 17.5 Å². The van der Waals surface area contributed by atoms with Crippen molar-refractivity contribution in [2.45, 2.75) is 50.5 Å². The molecule has 4 rings (SSSR count). The molecule has 4 heteroatoms. The molecule has 140 valence electrons. The van der Waals surface area contributed by atoms with E-state index in [4.69, 9.17) is 0 Å². The largest absolute Gasteiger partial charge is 0.349 e. The summed E-state index contributed by atoms with van der Waals surface area (Å²) >= 11 is 0. The van der Waals surface area contributed by atoms with Gasteiger partial charge in [-0.2, -0.15) is 0 Å². The summed E-state index contributed by atoms with van der Waals surface area (Å²) in [6.07, 6.45) is 6.15. The highest BCUT2D eigenvalue weighted by atomic mass is 16.2. The summed E-state index contributed by atoms with van der Waals surface area (Å²) in [5.41, 5.74) is 2.71. The summed E-state index contributed by atoms with van der Waals surface area (Å²) in [5.74, 6) is 0.759. The van der Waals surface area contributed by atoms with Crippen LogP contribution in [-0.4, -0.2) is 17.9 Å². The van der Waals surface area contributed by atoms with E-state index in [-0.39, 0.29) is 23.8 Å². The van der Waals surface area contributed by atoms with Crippen molar-refractivity contribution in [1.29, 1.82) is 0 Å². The predicted molar refractivity (Wildman–Crippen MR) is 107 cm³/mol. The molecule has 2 saturated carbocycles. The standard InChI is InChI=1S/C23H26N2O2/c26-22(18-9-10-18)25-21-8-4-7-19(15-21)23(27)24-20-13-11-17(12-14-20)16-5-2-1-3-6-16/h1-8,15,17-18,20H,9-14H2,(H,24,27)(H,25,26). The molecule has 2 fully saturated rings. The fourth-order valence-electron chi connectivity index (χ4n) is 3.89. The van der Waals surface area contributed by atoms with Crippen LogP contribution in [0.15, 0.2) is 54.6 Å². The van der Waals surface area contributed by atoms with E-state index in [0.29, 0.717) is 17.2 Å². The topological polar surface area (TPSA) is 58.2 Å². The van der Waals surface area contributed by atoms with Crippen LogP contribution < -0.4 is 10.6 Å². The Kier molecular flexibility index (Phi) is 5.23. The fraction of sp³-hybridized carbons (Fsp3) is 0.391. The maximum absolute atomic E-state index is 12.6. The lowest BCUT2D eigenvalue weighted by molar-refractivity contribution is -0.117. The first-order valence-corrected chi connectivity index (χ1v) is 9.96. The van der Waals surface area contributed by atoms with Crippen LogP contribution >= 0.6 is 0 Å². The maximum atomic E-state index is 12.6. The first-order valence-electron chi connectivity index (χ1n) is 9.96. The predicted octanol–water partition coefficient (Wildman–Crippen LogP) is 4.49. The highest BCUT2D eigenvalue weighted by molar-refractivity contribution is 5.98. The van der Waals surface area contributed by atoms with Gasteiger partial charge in [0.15, 0.2) is 0 Å². The van der Waals surface area contributed by atoms with Crippen molar-refractivity contribution in [1.82, 2.24) is 5.32 Å². The number of hydrogen-bond donors (Lipinski definition) is 2. The second-order valence-electron chi connectivity index (χ2n) is 7.78. The Morgan fingerprint density at radius 3 is 2.26 bits per heavy atom.